The Kier molecular flexibility index (Phi) is 4.88. The van der Waals surface area contributed by atoms with Gasteiger partial charge in [0.15, 0.2) is 0 Å². The number of amides is 1. The molecule has 0 N–H and O–H groups in total. The second kappa shape index (κ2) is 6.48. The van der Waals surface area contributed by atoms with Crippen LogP contribution in [0.2, 0.25) is 0 Å². The van der Waals surface area contributed by atoms with E-state index in [1.165, 1.54) is 5.56 Å². The summed E-state index contributed by atoms with van der Waals surface area (Å²) >= 11 is 0. The van der Waals surface area contributed by atoms with Crippen molar-refractivity contribution in [3.63, 3.8) is 0 Å². The van der Waals surface area contributed by atoms with Gasteiger partial charge in [-0.05, 0) is 33.3 Å². The van der Waals surface area contributed by atoms with E-state index < -0.39 is 5.60 Å². The first kappa shape index (κ1) is 15.8. The van der Waals surface area contributed by atoms with Gasteiger partial charge < -0.3 is 9.64 Å². The number of hydrogen-bond acceptors (Lipinski definition) is 3. The van der Waals surface area contributed by atoms with E-state index in [-0.39, 0.29) is 12.1 Å². The second-order valence-electron chi connectivity index (χ2n) is 6.74. The van der Waals surface area contributed by atoms with Crippen LogP contribution in [0.1, 0.15) is 33.3 Å². The molecule has 1 heterocycles. The molecule has 1 aromatic rings. The van der Waals surface area contributed by atoms with Crippen LogP contribution in [0.4, 0.5) is 4.79 Å². The number of carbonyl (C=O) groups excluding carboxylic acids is 1. The highest BCUT2D eigenvalue weighted by molar-refractivity contribution is 5.68. The van der Waals surface area contributed by atoms with Gasteiger partial charge in [0.05, 0.1) is 0 Å². The monoisotopic (exact) mass is 290 g/mol. The van der Waals surface area contributed by atoms with Crippen molar-refractivity contribution in [2.45, 2.75) is 45.9 Å². The predicted molar refractivity (Wildman–Crippen MR) is 84.1 cm³/mol. The Balaban J connectivity index is 1.89. The number of nitrogens with zero attached hydrogens (tertiary/aromatic N) is 2. The Hall–Kier alpha value is -1.55. The molecule has 1 fully saturated rings. The third-order valence-electron chi connectivity index (χ3n) is 3.59. The molecule has 1 saturated heterocycles. The SMILES string of the molecule is C[C@@H]1CN(Cc2ccccc2)CCN1C(=O)OC(C)(C)C. The summed E-state index contributed by atoms with van der Waals surface area (Å²) < 4.78 is 5.47. The molecule has 1 aliphatic heterocycles. The fourth-order valence-corrected chi connectivity index (χ4v) is 2.61. The Morgan fingerprint density at radius 2 is 1.90 bits per heavy atom. The molecule has 1 atom stereocenters. The number of hydrogen-bond donors (Lipinski definition) is 0. The molecule has 0 saturated carbocycles. The zero-order valence-corrected chi connectivity index (χ0v) is 13.5. The topological polar surface area (TPSA) is 32.8 Å². The van der Waals surface area contributed by atoms with Gasteiger partial charge in [-0.2, -0.15) is 0 Å². The Morgan fingerprint density at radius 3 is 2.48 bits per heavy atom. The summed E-state index contributed by atoms with van der Waals surface area (Å²) in [6.45, 7) is 11.2. The fourth-order valence-electron chi connectivity index (χ4n) is 2.61. The average Bonchev–Trinajstić information content (AvgIpc) is 2.37. The van der Waals surface area contributed by atoms with Crippen molar-refractivity contribution in [2.75, 3.05) is 19.6 Å². The standard InChI is InChI=1S/C17H26N2O2/c1-14-12-18(13-15-8-6-5-7-9-15)10-11-19(14)16(20)21-17(2,3)4/h5-9,14H,10-13H2,1-4H3/t14-/m1/s1. The van der Waals surface area contributed by atoms with Gasteiger partial charge in [0.2, 0.25) is 0 Å². The largest absolute Gasteiger partial charge is 0.444 e. The first-order valence-corrected chi connectivity index (χ1v) is 7.61. The molecule has 116 valence electrons. The Morgan fingerprint density at radius 1 is 1.24 bits per heavy atom. The quantitative estimate of drug-likeness (QED) is 0.839. The zero-order chi connectivity index (χ0) is 15.5. The Labute approximate surface area is 127 Å². The third-order valence-corrected chi connectivity index (χ3v) is 3.59. The molecule has 0 aromatic heterocycles. The molecule has 0 radical (unpaired) electrons. The van der Waals surface area contributed by atoms with Gasteiger partial charge in [0, 0.05) is 32.2 Å². The molecule has 4 nitrogen and oxygen atoms in total. The summed E-state index contributed by atoms with van der Waals surface area (Å²) in [5, 5.41) is 0. The van der Waals surface area contributed by atoms with E-state index in [2.05, 4.69) is 36.1 Å². The molecule has 4 heteroatoms. The molecular formula is C17H26N2O2. The maximum absolute atomic E-state index is 12.2. The van der Waals surface area contributed by atoms with E-state index in [0.29, 0.717) is 0 Å². The fraction of sp³-hybridized carbons (Fsp3) is 0.588. The van der Waals surface area contributed by atoms with Crippen LogP contribution in [0.3, 0.4) is 0 Å². The van der Waals surface area contributed by atoms with Crippen LogP contribution in [-0.2, 0) is 11.3 Å². The minimum absolute atomic E-state index is 0.178. The summed E-state index contributed by atoms with van der Waals surface area (Å²) in [6.07, 6.45) is -0.200. The molecule has 0 aliphatic carbocycles. The van der Waals surface area contributed by atoms with Gasteiger partial charge in [-0.25, -0.2) is 4.79 Å². The van der Waals surface area contributed by atoms with Crippen LogP contribution in [-0.4, -0.2) is 47.2 Å². The zero-order valence-electron chi connectivity index (χ0n) is 13.5. The molecular weight excluding hydrogens is 264 g/mol. The summed E-state index contributed by atoms with van der Waals surface area (Å²) in [6, 6.07) is 10.6. The van der Waals surface area contributed by atoms with Crippen molar-refractivity contribution in [3.8, 4) is 0 Å². The lowest BCUT2D eigenvalue weighted by Crippen LogP contribution is -2.54. The number of ether oxygens (including phenoxy) is 1. The van der Waals surface area contributed by atoms with E-state index in [1.54, 1.807) is 0 Å². The lowest BCUT2D eigenvalue weighted by molar-refractivity contribution is 0.000564. The van der Waals surface area contributed by atoms with Crippen molar-refractivity contribution in [1.29, 1.82) is 0 Å². The van der Waals surface area contributed by atoms with E-state index >= 15 is 0 Å². The van der Waals surface area contributed by atoms with Gasteiger partial charge in [-0.1, -0.05) is 30.3 Å². The minimum Gasteiger partial charge on any atom is -0.444 e. The molecule has 2 rings (SSSR count). The number of benzene rings is 1. The van der Waals surface area contributed by atoms with E-state index in [0.717, 1.165) is 26.2 Å². The van der Waals surface area contributed by atoms with Crippen molar-refractivity contribution in [2.24, 2.45) is 0 Å². The van der Waals surface area contributed by atoms with E-state index in [1.807, 2.05) is 31.7 Å². The summed E-state index contributed by atoms with van der Waals surface area (Å²) in [5.74, 6) is 0. The number of carbonyl (C=O) groups is 1. The van der Waals surface area contributed by atoms with Crippen LogP contribution in [0, 0.1) is 0 Å². The lowest BCUT2D eigenvalue weighted by atomic mass is 10.1. The van der Waals surface area contributed by atoms with Crippen molar-refractivity contribution >= 4 is 6.09 Å². The second-order valence-corrected chi connectivity index (χ2v) is 6.74. The van der Waals surface area contributed by atoms with Crippen LogP contribution in [0.5, 0.6) is 0 Å². The van der Waals surface area contributed by atoms with E-state index in [4.69, 9.17) is 4.74 Å². The summed E-state index contributed by atoms with van der Waals surface area (Å²) in [7, 11) is 0. The number of piperazine rings is 1. The van der Waals surface area contributed by atoms with Crippen molar-refractivity contribution in [3.05, 3.63) is 35.9 Å². The molecule has 1 aromatic carbocycles. The predicted octanol–water partition coefficient (Wildman–Crippen LogP) is 3.13. The van der Waals surface area contributed by atoms with Crippen LogP contribution in [0.15, 0.2) is 30.3 Å². The average molecular weight is 290 g/mol. The summed E-state index contributed by atoms with van der Waals surface area (Å²) in [4.78, 5) is 16.4. The third kappa shape index (κ3) is 4.74. The van der Waals surface area contributed by atoms with Gasteiger partial charge in [-0.3, -0.25) is 4.90 Å². The first-order valence-electron chi connectivity index (χ1n) is 7.61. The molecule has 0 unspecified atom stereocenters. The van der Waals surface area contributed by atoms with E-state index in [9.17, 15) is 4.79 Å². The van der Waals surface area contributed by atoms with Crippen molar-refractivity contribution < 1.29 is 9.53 Å². The molecule has 1 aliphatic rings. The molecule has 21 heavy (non-hydrogen) atoms. The summed E-state index contributed by atoms with van der Waals surface area (Å²) in [5.41, 5.74) is 0.883. The normalized spacial score (nSPS) is 20.4. The molecule has 0 bridgehead atoms. The highest BCUT2D eigenvalue weighted by atomic mass is 16.6. The van der Waals surface area contributed by atoms with Crippen molar-refractivity contribution in [1.82, 2.24) is 9.80 Å². The smallest absolute Gasteiger partial charge is 0.410 e. The highest BCUT2D eigenvalue weighted by Gasteiger charge is 2.30. The maximum atomic E-state index is 12.2. The van der Waals surface area contributed by atoms with Crippen LogP contribution >= 0.6 is 0 Å². The van der Waals surface area contributed by atoms with Crippen LogP contribution in [0.25, 0.3) is 0 Å². The maximum Gasteiger partial charge on any atom is 0.410 e. The van der Waals surface area contributed by atoms with Crippen LogP contribution < -0.4 is 0 Å². The van der Waals surface area contributed by atoms with Gasteiger partial charge >= 0.3 is 6.09 Å². The van der Waals surface area contributed by atoms with Gasteiger partial charge in [-0.15, -0.1) is 0 Å². The highest BCUT2D eigenvalue weighted by Crippen LogP contribution is 2.17. The first-order chi connectivity index (χ1) is 9.85. The van der Waals surface area contributed by atoms with Gasteiger partial charge in [0.25, 0.3) is 0 Å². The van der Waals surface area contributed by atoms with Gasteiger partial charge in [0.1, 0.15) is 5.60 Å². The Bertz CT molecular complexity index is 467. The lowest BCUT2D eigenvalue weighted by Gasteiger charge is -2.40. The minimum atomic E-state index is -0.433. The molecule has 1 amide bonds. The number of rotatable bonds is 2. The molecule has 0 spiro atoms.